The number of aromatic nitrogens is 2. The maximum Gasteiger partial charge on any atom is 0.247 e. The van der Waals surface area contributed by atoms with E-state index in [1.807, 2.05) is 29.6 Å². The zero-order valence-electron chi connectivity index (χ0n) is 21.5. The predicted molar refractivity (Wildman–Crippen MR) is 152 cm³/mol. The van der Waals surface area contributed by atoms with E-state index < -0.39 is 0 Å². The first kappa shape index (κ1) is 26.4. The summed E-state index contributed by atoms with van der Waals surface area (Å²) < 4.78 is 23.9. The van der Waals surface area contributed by atoms with Crippen molar-refractivity contribution in [3.63, 3.8) is 0 Å². The number of thiophene rings is 1. The van der Waals surface area contributed by atoms with Gasteiger partial charge in [0.25, 0.3) is 0 Å². The lowest BCUT2D eigenvalue weighted by molar-refractivity contribution is -0.111. The second-order valence-corrected chi connectivity index (χ2v) is 9.52. The molecule has 11 heteroatoms. The van der Waals surface area contributed by atoms with Gasteiger partial charge in [-0.1, -0.05) is 12.6 Å². The van der Waals surface area contributed by atoms with Crippen LogP contribution in [0.4, 0.5) is 17.3 Å². The summed E-state index contributed by atoms with van der Waals surface area (Å²) in [5, 5.41) is 7.91. The summed E-state index contributed by atoms with van der Waals surface area (Å²) in [6.07, 6.45) is 1.21. The number of anilines is 3. The van der Waals surface area contributed by atoms with Crippen molar-refractivity contribution in [3.8, 4) is 23.1 Å². The number of ether oxygens (including phenoxy) is 4. The van der Waals surface area contributed by atoms with Crippen LogP contribution in [0.15, 0.2) is 66.6 Å². The third-order valence-corrected chi connectivity index (χ3v) is 6.85. The zero-order valence-corrected chi connectivity index (χ0v) is 22.3. The van der Waals surface area contributed by atoms with Crippen molar-refractivity contribution < 1.29 is 23.7 Å². The largest absolute Gasteiger partial charge is 0.493 e. The third-order valence-electron chi connectivity index (χ3n) is 5.96. The second-order valence-electron chi connectivity index (χ2n) is 8.60. The van der Waals surface area contributed by atoms with Gasteiger partial charge >= 0.3 is 0 Å². The first-order valence-electron chi connectivity index (χ1n) is 12.5. The Labute approximate surface area is 230 Å². The standard InChI is InChI=1S/C28H29N5O5S/c1-3-25(34)29-19-5-4-6-21(17-19)38-27-26-22(9-16-39-26)31-28(32-27)30-20-7-8-23(24(18-20)35-2)37-15-12-33-10-13-36-14-11-33/h3-9,16-18H,1,10-15H2,2H3,(H,29,34)(H,30,31,32). The van der Waals surface area contributed by atoms with Gasteiger partial charge in [-0.3, -0.25) is 9.69 Å². The Kier molecular flexibility index (Phi) is 8.51. The fraction of sp³-hybridized carbons (Fsp3) is 0.250. The number of carbonyl (C=O) groups is 1. The lowest BCUT2D eigenvalue weighted by Crippen LogP contribution is -2.38. The highest BCUT2D eigenvalue weighted by Crippen LogP contribution is 2.35. The van der Waals surface area contributed by atoms with Crippen molar-refractivity contribution in [2.45, 2.75) is 0 Å². The Bertz CT molecular complexity index is 1450. The van der Waals surface area contributed by atoms with Gasteiger partial charge in [0.1, 0.15) is 17.1 Å². The molecule has 1 aliphatic heterocycles. The van der Waals surface area contributed by atoms with E-state index >= 15 is 0 Å². The molecule has 5 rings (SSSR count). The summed E-state index contributed by atoms with van der Waals surface area (Å²) in [7, 11) is 1.61. The van der Waals surface area contributed by atoms with Gasteiger partial charge in [-0.2, -0.15) is 4.98 Å². The van der Waals surface area contributed by atoms with Crippen LogP contribution in [-0.2, 0) is 9.53 Å². The van der Waals surface area contributed by atoms with E-state index in [2.05, 4.69) is 32.1 Å². The van der Waals surface area contributed by atoms with Crippen LogP contribution < -0.4 is 24.8 Å². The van der Waals surface area contributed by atoms with Gasteiger partial charge in [-0.15, -0.1) is 11.3 Å². The Hall–Kier alpha value is -4.19. The number of hydrogen-bond donors (Lipinski definition) is 2. The lowest BCUT2D eigenvalue weighted by Gasteiger charge is -2.26. The Balaban J connectivity index is 1.30. The average Bonchev–Trinajstić information content (AvgIpc) is 3.43. The minimum absolute atomic E-state index is 0.301. The number of rotatable bonds is 11. The zero-order chi connectivity index (χ0) is 27.0. The van der Waals surface area contributed by atoms with Crippen molar-refractivity contribution in [2.75, 3.05) is 57.2 Å². The number of benzene rings is 2. The molecule has 2 aromatic heterocycles. The normalized spacial score (nSPS) is 13.6. The molecule has 2 N–H and O–H groups in total. The molecule has 1 amide bonds. The van der Waals surface area contributed by atoms with Crippen LogP contribution in [-0.4, -0.2) is 67.3 Å². The second kappa shape index (κ2) is 12.6. The SMILES string of the molecule is C=CC(=O)Nc1cccc(Oc2nc(Nc3ccc(OCCN4CCOCC4)c(OC)c3)nc3ccsc23)c1. The fourth-order valence-corrected chi connectivity index (χ4v) is 4.76. The molecule has 10 nitrogen and oxygen atoms in total. The van der Waals surface area contributed by atoms with Crippen LogP contribution in [0.5, 0.6) is 23.1 Å². The van der Waals surface area contributed by atoms with E-state index in [0.29, 0.717) is 41.4 Å². The molecule has 0 bridgehead atoms. The molecule has 0 spiro atoms. The van der Waals surface area contributed by atoms with E-state index in [9.17, 15) is 4.79 Å². The molecule has 1 saturated heterocycles. The smallest absolute Gasteiger partial charge is 0.247 e. The number of hydrogen-bond acceptors (Lipinski definition) is 10. The molecule has 4 aromatic rings. The van der Waals surface area contributed by atoms with Crippen LogP contribution in [0.25, 0.3) is 10.2 Å². The molecule has 202 valence electrons. The van der Waals surface area contributed by atoms with Gasteiger partial charge in [0.05, 0.1) is 25.8 Å². The molecular formula is C28H29N5O5S. The van der Waals surface area contributed by atoms with Crippen molar-refractivity contribution in [1.29, 1.82) is 0 Å². The third kappa shape index (κ3) is 6.82. The van der Waals surface area contributed by atoms with E-state index in [-0.39, 0.29) is 5.91 Å². The van der Waals surface area contributed by atoms with E-state index in [0.717, 1.165) is 48.8 Å². The first-order chi connectivity index (χ1) is 19.1. The Morgan fingerprint density at radius 1 is 1.13 bits per heavy atom. The molecule has 0 radical (unpaired) electrons. The summed E-state index contributed by atoms with van der Waals surface area (Å²) in [5.74, 6) is 2.27. The molecule has 0 atom stereocenters. The van der Waals surface area contributed by atoms with Gasteiger partial charge in [0.2, 0.25) is 17.7 Å². The van der Waals surface area contributed by atoms with Crippen molar-refractivity contribution in [1.82, 2.24) is 14.9 Å². The van der Waals surface area contributed by atoms with Gasteiger partial charge < -0.3 is 29.6 Å². The molecule has 1 fully saturated rings. The molecule has 0 unspecified atom stereocenters. The highest BCUT2D eigenvalue weighted by molar-refractivity contribution is 7.17. The maximum absolute atomic E-state index is 11.7. The average molecular weight is 548 g/mol. The van der Waals surface area contributed by atoms with E-state index in [1.54, 1.807) is 31.4 Å². The fourth-order valence-electron chi connectivity index (χ4n) is 4.01. The van der Waals surface area contributed by atoms with Crippen LogP contribution in [0.2, 0.25) is 0 Å². The lowest BCUT2D eigenvalue weighted by atomic mass is 10.2. The summed E-state index contributed by atoms with van der Waals surface area (Å²) in [5.41, 5.74) is 2.08. The van der Waals surface area contributed by atoms with Crippen LogP contribution >= 0.6 is 11.3 Å². The van der Waals surface area contributed by atoms with Crippen molar-refractivity contribution in [3.05, 3.63) is 66.6 Å². The minimum atomic E-state index is -0.301. The molecule has 2 aromatic carbocycles. The summed E-state index contributed by atoms with van der Waals surface area (Å²) in [4.78, 5) is 23.2. The number of nitrogens with zero attached hydrogens (tertiary/aromatic N) is 3. The van der Waals surface area contributed by atoms with Gasteiger partial charge in [0.15, 0.2) is 11.5 Å². The van der Waals surface area contributed by atoms with Crippen molar-refractivity contribution >= 4 is 44.8 Å². The minimum Gasteiger partial charge on any atom is -0.493 e. The monoisotopic (exact) mass is 547 g/mol. The van der Waals surface area contributed by atoms with Crippen molar-refractivity contribution in [2.24, 2.45) is 0 Å². The number of nitrogens with one attached hydrogen (secondary N) is 2. The van der Waals surface area contributed by atoms with Gasteiger partial charge in [0, 0.05) is 43.1 Å². The molecule has 1 aliphatic rings. The quantitative estimate of drug-likeness (QED) is 0.249. The first-order valence-corrected chi connectivity index (χ1v) is 13.3. The Morgan fingerprint density at radius 3 is 2.82 bits per heavy atom. The highest BCUT2D eigenvalue weighted by Gasteiger charge is 2.15. The summed E-state index contributed by atoms with van der Waals surface area (Å²) in [6, 6.07) is 14.6. The van der Waals surface area contributed by atoms with Crippen LogP contribution in [0.3, 0.4) is 0 Å². The summed E-state index contributed by atoms with van der Waals surface area (Å²) in [6.45, 7) is 8.22. The molecule has 0 aliphatic carbocycles. The Morgan fingerprint density at radius 2 is 2.00 bits per heavy atom. The number of fused-ring (bicyclic) bond motifs is 1. The number of morpholine rings is 1. The van der Waals surface area contributed by atoms with Crippen LogP contribution in [0, 0.1) is 0 Å². The highest BCUT2D eigenvalue weighted by atomic mass is 32.1. The van der Waals surface area contributed by atoms with Gasteiger partial charge in [-0.25, -0.2) is 4.98 Å². The molecular weight excluding hydrogens is 518 g/mol. The molecule has 3 heterocycles. The van der Waals surface area contributed by atoms with E-state index in [1.165, 1.54) is 17.4 Å². The molecule has 39 heavy (non-hydrogen) atoms. The van der Waals surface area contributed by atoms with Crippen LogP contribution in [0.1, 0.15) is 0 Å². The topological polar surface area (TPSA) is 107 Å². The van der Waals surface area contributed by atoms with Gasteiger partial charge in [-0.05, 0) is 41.8 Å². The molecule has 0 saturated carbocycles. The number of amides is 1. The number of methoxy groups -OCH3 is 1. The van der Waals surface area contributed by atoms with E-state index in [4.69, 9.17) is 18.9 Å². The maximum atomic E-state index is 11.7. The predicted octanol–water partition coefficient (Wildman–Crippen LogP) is 5.07. The summed E-state index contributed by atoms with van der Waals surface area (Å²) >= 11 is 1.48. The number of carbonyl (C=O) groups excluding carboxylic acids is 1.